The van der Waals surface area contributed by atoms with Crippen LogP contribution in [-0.4, -0.2) is 47.7 Å². The Morgan fingerprint density at radius 3 is 2.11 bits per heavy atom. The molecule has 0 radical (unpaired) electrons. The predicted octanol–water partition coefficient (Wildman–Crippen LogP) is 10.2. The van der Waals surface area contributed by atoms with E-state index in [1.54, 1.807) is 0 Å². The Hall–Kier alpha value is -1.39. The second-order valence-corrected chi connectivity index (χ2v) is 15.4. The minimum Gasteiger partial charge on any atom is -0.303 e. The molecule has 1 saturated carbocycles. The molecule has 2 unspecified atom stereocenters. The predicted molar refractivity (Wildman–Crippen MR) is 190 cm³/mol. The molecule has 4 rings (SSSR count). The van der Waals surface area contributed by atoms with E-state index < -0.39 is 0 Å². The molecule has 5 atom stereocenters. The molecule has 0 aromatic heterocycles. The summed E-state index contributed by atoms with van der Waals surface area (Å²) in [6.07, 6.45) is 22.8. The van der Waals surface area contributed by atoms with Crippen LogP contribution in [0.3, 0.4) is 0 Å². The average molecular weight is 609 g/mol. The van der Waals surface area contributed by atoms with Crippen LogP contribution in [-0.2, 0) is 4.79 Å². The van der Waals surface area contributed by atoms with Gasteiger partial charge in [0.1, 0.15) is 5.69 Å². The molecule has 4 heteroatoms. The minimum absolute atomic E-state index is 0.349. The van der Waals surface area contributed by atoms with Crippen LogP contribution in [0.5, 0.6) is 0 Å². The lowest BCUT2D eigenvalue weighted by atomic mass is 9.71. The first kappa shape index (κ1) is 35.5. The Morgan fingerprint density at radius 2 is 1.52 bits per heavy atom. The van der Waals surface area contributed by atoms with Gasteiger partial charge in [0, 0.05) is 31.5 Å². The summed E-state index contributed by atoms with van der Waals surface area (Å²) in [6.45, 7) is 16.2. The second-order valence-electron chi connectivity index (χ2n) is 15.4. The van der Waals surface area contributed by atoms with Gasteiger partial charge >= 0.3 is 0 Å². The van der Waals surface area contributed by atoms with Crippen LogP contribution in [0.2, 0.25) is 0 Å². The first-order valence-corrected chi connectivity index (χ1v) is 19.4. The van der Waals surface area contributed by atoms with Crippen molar-refractivity contribution in [2.45, 2.75) is 181 Å². The number of rotatable bonds is 17. The van der Waals surface area contributed by atoms with Gasteiger partial charge in [-0.1, -0.05) is 111 Å². The fraction of sp³-hybridized carbons (Fsp3) is 0.825. The van der Waals surface area contributed by atoms with Gasteiger partial charge in [0.2, 0.25) is 0 Å². The summed E-state index contributed by atoms with van der Waals surface area (Å²) in [5.41, 5.74) is 0.994. The lowest BCUT2D eigenvalue weighted by Crippen LogP contribution is -2.74. The van der Waals surface area contributed by atoms with Crippen LogP contribution in [0.15, 0.2) is 30.3 Å². The molecule has 1 N–H and O–H groups in total. The van der Waals surface area contributed by atoms with Gasteiger partial charge in [-0.15, -0.1) is 0 Å². The lowest BCUT2D eigenvalue weighted by Gasteiger charge is -2.57. The van der Waals surface area contributed by atoms with Crippen molar-refractivity contribution in [3.05, 3.63) is 30.3 Å². The monoisotopic (exact) mass is 609 g/mol. The van der Waals surface area contributed by atoms with Gasteiger partial charge in [-0.3, -0.25) is 14.2 Å². The van der Waals surface area contributed by atoms with E-state index in [4.69, 9.17) is 0 Å². The summed E-state index contributed by atoms with van der Waals surface area (Å²) in [5.74, 6) is 2.70. The topological polar surface area (TPSA) is 32.3 Å². The molecule has 1 aromatic rings. The van der Waals surface area contributed by atoms with Crippen molar-refractivity contribution in [1.82, 2.24) is 14.7 Å². The SMILES string of the molecule is CCCCCCC(CC)C1C[C@@]2(CCN1C1CCC(C(C)C)CC1)C(=O)NC[N@@+]2(c1ccccc1)[C@@H](CC)CCCCCC. The maximum absolute atomic E-state index is 14.5. The molecule has 44 heavy (non-hydrogen) atoms. The smallest absolute Gasteiger partial charge is 0.286 e. The Kier molecular flexibility index (Phi) is 13.7. The number of quaternary nitrogens is 1. The minimum atomic E-state index is -0.375. The van der Waals surface area contributed by atoms with E-state index in [1.807, 2.05) is 0 Å². The number of hydrogen-bond acceptors (Lipinski definition) is 2. The van der Waals surface area contributed by atoms with Gasteiger partial charge in [-0.25, -0.2) is 0 Å². The molecule has 4 nitrogen and oxygen atoms in total. The van der Waals surface area contributed by atoms with E-state index >= 15 is 0 Å². The van der Waals surface area contributed by atoms with Crippen molar-refractivity contribution < 1.29 is 4.79 Å². The zero-order chi connectivity index (χ0) is 31.6. The fourth-order valence-corrected chi connectivity index (χ4v) is 10.1. The van der Waals surface area contributed by atoms with E-state index in [0.29, 0.717) is 30.0 Å². The fourth-order valence-electron chi connectivity index (χ4n) is 10.1. The first-order valence-electron chi connectivity index (χ1n) is 19.4. The van der Waals surface area contributed by atoms with E-state index in [-0.39, 0.29) is 5.54 Å². The van der Waals surface area contributed by atoms with Gasteiger partial charge in [-0.2, -0.15) is 0 Å². The third-order valence-electron chi connectivity index (χ3n) is 12.8. The molecule has 3 aliphatic rings. The zero-order valence-electron chi connectivity index (χ0n) is 29.8. The molecule has 1 spiro atoms. The summed E-state index contributed by atoms with van der Waals surface area (Å²) >= 11 is 0. The van der Waals surface area contributed by atoms with Gasteiger partial charge in [0.25, 0.3) is 5.91 Å². The number of amides is 1. The largest absolute Gasteiger partial charge is 0.303 e. The van der Waals surface area contributed by atoms with Gasteiger partial charge in [-0.05, 0) is 81.3 Å². The summed E-state index contributed by atoms with van der Waals surface area (Å²) < 4.78 is 0.839. The lowest BCUT2D eigenvalue weighted by molar-refractivity contribution is -0.134. The molecule has 2 saturated heterocycles. The van der Waals surface area contributed by atoms with Crippen LogP contribution in [0.4, 0.5) is 5.69 Å². The number of carbonyl (C=O) groups excluding carboxylic acids is 1. The molecule has 2 aliphatic heterocycles. The van der Waals surface area contributed by atoms with Crippen LogP contribution in [0.1, 0.15) is 157 Å². The molecule has 1 amide bonds. The number of unbranched alkanes of at least 4 members (excludes halogenated alkanes) is 6. The van der Waals surface area contributed by atoms with E-state index in [2.05, 4.69) is 82.1 Å². The summed E-state index contributed by atoms with van der Waals surface area (Å²) in [6, 6.07) is 13.0. The Labute approximate surface area is 272 Å². The number of benzene rings is 1. The number of nitrogens with zero attached hydrogens (tertiary/aromatic N) is 2. The molecule has 250 valence electrons. The third kappa shape index (κ3) is 7.43. The van der Waals surface area contributed by atoms with Crippen molar-refractivity contribution in [3.8, 4) is 0 Å². The maximum Gasteiger partial charge on any atom is 0.286 e. The number of carbonyl (C=O) groups is 1. The van der Waals surface area contributed by atoms with Crippen molar-refractivity contribution in [1.29, 1.82) is 0 Å². The highest BCUT2D eigenvalue weighted by molar-refractivity contribution is 5.92. The van der Waals surface area contributed by atoms with Crippen LogP contribution < -0.4 is 9.80 Å². The number of hydrogen-bond donors (Lipinski definition) is 1. The van der Waals surface area contributed by atoms with Gasteiger partial charge in [0.15, 0.2) is 12.2 Å². The highest BCUT2D eigenvalue weighted by Crippen LogP contribution is 2.51. The summed E-state index contributed by atoms with van der Waals surface area (Å²) in [7, 11) is 0. The Bertz CT molecular complexity index is 972. The molecule has 3 fully saturated rings. The normalized spacial score (nSPS) is 31.0. The highest BCUT2D eigenvalue weighted by atomic mass is 16.2. The van der Waals surface area contributed by atoms with Crippen LogP contribution in [0.25, 0.3) is 0 Å². The summed E-state index contributed by atoms with van der Waals surface area (Å²) in [5, 5.41) is 3.55. The van der Waals surface area contributed by atoms with Crippen molar-refractivity contribution in [2.24, 2.45) is 17.8 Å². The maximum atomic E-state index is 14.5. The molecule has 2 heterocycles. The number of para-hydroxylation sites is 1. The van der Waals surface area contributed by atoms with Gasteiger partial charge in [0.05, 0.1) is 6.04 Å². The van der Waals surface area contributed by atoms with Crippen molar-refractivity contribution in [3.63, 3.8) is 0 Å². The number of likely N-dealkylation sites (tertiary alicyclic amines) is 1. The Morgan fingerprint density at radius 1 is 0.864 bits per heavy atom. The van der Waals surface area contributed by atoms with E-state index in [9.17, 15) is 4.79 Å². The molecular formula is C40H70N3O+. The average Bonchev–Trinajstić information content (AvgIpc) is 3.32. The van der Waals surface area contributed by atoms with E-state index in [1.165, 1.54) is 102 Å². The zero-order valence-corrected chi connectivity index (χ0v) is 29.8. The third-order valence-corrected chi connectivity index (χ3v) is 12.8. The van der Waals surface area contributed by atoms with E-state index in [0.717, 1.165) is 48.8 Å². The highest BCUT2D eigenvalue weighted by Gasteiger charge is 2.67. The standard InChI is InChI=1S/C40H69N3O/c1-7-11-13-16-20-33(9-3)38-30-40(28-29-42(38)35-26-24-34(25-27-35)32(5)6)39(44)41-31-43(40,37-22-18-15-19-23-37)36(10-4)21-17-14-12-8-2/h15,18-19,22-23,32-36,38H,7-14,16-17,20-21,24-31H2,1-6H3/p+1/t33?,34?,35?,36-,38?,40-,43-/m0/s1. The molecule has 1 aliphatic carbocycles. The molecule has 0 bridgehead atoms. The number of piperidine rings is 1. The number of nitrogens with one attached hydrogen (secondary N) is 1. The van der Waals surface area contributed by atoms with Gasteiger partial charge < -0.3 is 5.32 Å². The summed E-state index contributed by atoms with van der Waals surface area (Å²) in [4.78, 5) is 17.5. The van der Waals surface area contributed by atoms with Crippen molar-refractivity contribution >= 4 is 11.6 Å². The quantitative estimate of drug-likeness (QED) is 0.141. The van der Waals surface area contributed by atoms with Crippen molar-refractivity contribution in [2.75, 3.05) is 13.2 Å². The Balaban J connectivity index is 1.72. The van der Waals surface area contributed by atoms with Crippen LogP contribution >= 0.6 is 0 Å². The molecular weight excluding hydrogens is 538 g/mol. The molecule has 1 aromatic carbocycles. The second kappa shape index (κ2) is 17.0. The first-order chi connectivity index (χ1) is 21.4. The van der Waals surface area contributed by atoms with Crippen LogP contribution in [0, 0.1) is 17.8 Å².